The Hall–Kier alpha value is -2.21. The van der Waals surface area contributed by atoms with Gasteiger partial charge in [-0.1, -0.05) is 30.3 Å². The molecular weight excluding hydrogens is 346 g/mol. The van der Waals surface area contributed by atoms with Gasteiger partial charge in [-0.2, -0.15) is 0 Å². The molecule has 0 saturated carbocycles. The molecule has 1 amide bonds. The van der Waals surface area contributed by atoms with Gasteiger partial charge in [0.1, 0.15) is 24.0 Å². The first-order chi connectivity index (χ1) is 11.5. The van der Waals surface area contributed by atoms with E-state index in [4.69, 9.17) is 21.1 Å². The predicted molar refractivity (Wildman–Crippen MR) is 96.4 cm³/mol. The molecule has 0 fully saturated rings. The Morgan fingerprint density at radius 1 is 1.40 bits per heavy atom. The van der Waals surface area contributed by atoms with Gasteiger partial charge in [0.15, 0.2) is 0 Å². The molecule has 0 spiro atoms. The van der Waals surface area contributed by atoms with E-state index in [9.17, 15) is 14.7 Å². The van der Waals surface area contributed by atoms with Crippen LogP contribution in [0.15, 0.2) is 24.8 Å². The molecule has 0 radical (unpaired) electrons. The van der Waals surface area contributed by atoms with E-state index in [1.165, 1.54) is 0 Å². The fourth-order valence-electron chi connectivity index (χ4n) is 2.13. The third kappa shape index (κ3) is 7.05. The molecule has 138 valence electrons. The SMILES string of the molecule is C=CCOc1c(C)cc(CC(NC(=O)OC(C)(C)C)C(=O)O)cc1Cl. The van der Waals surface area contributed by atoms with Crippen molar-refractivity contribution in [2.75, 3.05) is 6.61 Å². The third-order valence-corrected chi connectivity index (χ3v) is 3.34. The molecule has 1 aromatic carbocycles. The van der Waals surface area contributed by atoms with Crippen molar-refractivity contribution in [1.29, 1.82) is 0 Å². The Morgan fingerprint density at radius 3 is 2.52 bits per heavy atom. The number of benzene rings is 1. The molecule has 2 N–H and O–H groups in total. The number of carboxylic acids is 1. The fourth-order valence-corrected chi connectivity index (χ4v) is 2.47. The van der Waals surface area contributed by atoms with Crippen LogP contribution in [0.4, 0.5) is 4.79 Å². The highest BCUT2D eigenvalue weighted by Crippen LogP contribution is 2.30. The summed E-state index contributed by atoms with van der Waals surface area (Å²) in [6.45, 7) is 10.8. The van der Waals surface area contributed by atoms with Crippen molar-refractivity contribution in [2.45, 2.75) is 45.8 Å². The maximum Gasteiger partial charge on any atom is 0.408 e. The number of carboxylic acid groups (broad SMARTS) is 1. The van der Waals surface area contributed by atoms with Crippen LogP contribution in [0.25, 0.3) is 0 Å². The second kappa shape index (κ2) is 8.76. The van der Waals surface area contributed by atoms with Crippen LogP contribution >= 0.6 is 11.6 Å². The normalized spacial score (nSPS) is 12.2. The molecule has 0 saturated heterocycles. The lowest BCUT2D eigenvalue weighted by atomic mass is 10.0. The van der Waals surface area contributed by atoms with E-state index < -0.39 is 23.7 Å². The summed E-state index contributed by atoms with van der Waals surface area (Å²) in [6, 6.07) is 2.27. The van der Waals surface area contributed by atoms with Crippen molar-refractivity contribution in [1.82, 2.24) is 5.32 Å². The van der Waals surface area contributed by atoms with Crippen molar-refractivity contribution in [3.05, 3.63) is 40.9 Å². The Balaban J connectivity index is 2.90. The summed E-state index contributed by atoms with van der Waals surface area (Å²) in [7, 11) is 0. The van der Waals surface area contributed by atoms with Crippen LogP contribution < -0.4 is 10.1 Å². The number of carbonyl (C=O) groups is 2. The van der Waals surface area contributed by atoms with E-state index in [1.807, 2.05) is 6.92 Å². The van der Waals surface area contributed by atoms with E-state index in [0.717, 1.165) is 5.56 Å². The smallest absolute Gasteiger partial charge is 0.408 e. The average molecular weight is 370 g/mol. The van der Waals surface area contributed by atoms with Crippen molar-refractivity contribution in [2.24, 2.45) is 0 Å². The zero-order valence-corrected chi connectivity index (χ0v) is 15.6. The van der Waals surface area contributed by atoms with Crippen LogP contribution in [-0.2, 0) is 16.0 Å². The van der Waals surface area contributed by atoms with Gasteiger partial charge in [-0.25, -0.2) is 9.59 Å². The van der Waals surface area contributed by atoms with Gasteiger partial charge in [0.05, 0.1) is 5.02 Å². The van der Waals surface area contributed by atoms with Crippen LogP contribution in [-0.4, -0.2) is 35.4 Å². The summed E-state index contributed by atoms with van der Waals surface area (Å²) < 4.78 is 10.6. The monoisotopic (exact) mass is 369 g/mol. The zero-order chi connectivity index (χ0) is 19.2. The van der Waals surface area contributed by atoms with Crippen LogP contribution in [0.1, 0.15) is 31.9 Å². The number of rotatable bonds is 7. The zero-order valence-electron chi connectivity index (χ0n) is 14.9. The molecule has 25 heavy (non-hydrogen) atoms. The molecule has 0 aliphatic heterocycles. The average Bonchev–Trinajstić information content (AvgIpc) is 2.43. The summed E-state index contributed by atoms with van der Waals surface area (Å²) in [5.74, 6) is -0.635. The molecule has 0 bridgehead atoms. The largest absolute Gasteiger partial charge is 0.488 e. The number of halogens is 1. The Kier molecular flexibility index (Phi) is 7.30. The molecule has 0 aliphatic carbocycles. The molecule has 0 aliphatic rings. The van der Waals surface area contributed by atoms with Crippen molar-refractivity contribution >= 4 is 23.7 Å². The van der Waals surface area contributed by atoms with Crippen molar-refractivity contribution in [3.8, 4) is 5.75 Å². The number of alkyl carbamates (subject to hydrolysis) is 1. The maximum absolute atomic E-state index is 11.8. The summed E-state index contributed by atoms with van der Waals surface area (Å²) >= 11 is 6.21. The van der Waals surface area contributed by atoms with Crippen molar-refractivity contribution < 1.29 is 24.2 Å². The van der Waals surface area contributed by atoms with Gasteiger partial charge in [0, 0.05) is 6.42 Å². The summed E-state index contributed by atoms with van der Waals surface area (Å²) in [5, 5.41) is 12.1. The highest BCUT2D eigenvalue weighted by Gasteiger charge is 2.24. The molecule has 0 aromatic heterocycles. The van der Waals surface area contributed by atoms with Crippen LogP contribution in [0.5, 0.6) is 5.75 Å². The first-order valence-electron chi connectivity index (χ1n) is 7.78. The lowest BCUT2D eigenvalue weighted by molar-refractivity contribution is -0.139. The van der Waals surface area contributed by atoms with Gasteiger partial charge < -0.3 is 19.9 Å². The number of aryl methyl sites for hydroxylation is 1. The van der Waals surface area contributed by atoms with E-state index in [0.29, 0.717) is 22.9 Å². The summed E-state index contributed by atoms with van der Waals surface area (Å²) in [5.41, 5.74) is 0.722. The van der Waals surface area contributed by atoms with Crippen LogP contribution in [0, 0.1) is 6.92 Å². The number of hydrogen-bond donors (Lipinski definition) is 2. The number of carbonyl (C=O) groups excluding carboxylic acids is 1. The Morgan fingerprint density at radius 2 is 2.04 bits per heavy atom. The highest BCUT2D eigenvalue weighted by molar-refractivity contribution is 6.32. The number of amides is 1. The summed E-state index contributed by atoms with van der Waals surface area (Å²) in [6.07, 6.45) is 0.889. The number of ether oxygens (including phenoxy) is 2. The van der Waals surface area contributed by atoms with E-state index >= 15 is 0 Å². The number of hydrogen-bond acceptors (Lipinski definition) is 4. The van der Waals surface area contributed by atoms with E-state index in [1.54, 1.807) is 39.0 Å². The standard InChI is InChI=1S/C18H24ClNO5/c1-6-7-24-15-11(2)8-12(9-13(15)19)10-14(16(21)22)20-17(23)25-18(3,4)5/h6,8-9,14H,1,7,10H2,2-5H3,(H,20,23)(H,21,22). The molecule has 7 heteroatoms. The van der Waals surface area contributed by atoms with Gasteiger partial charge in [-0.15, -0.1) is 0 Å². The third-order valence-electron chi connectivity index (χ3n) is 3.06. The van der Waals surface area contributed by atoms with Crippen LogP contribution in [0.2, 0.25) is 5.02 Å². The Bertz CT molecular complexity index is 628. The minimum atomic E-state index is -1.16. The molecule has 1 unspecified atom stereocenters. The summed E-state index contributed by atoms with van der Waals surface area (Å²) in [4.78, 5) is 23.3. The number of nitrogens with one attached hydrogen (secondary N) is 1. The first-order valence-corrected chi connectivity index (χ1v) is 8.16. The Labute approximate surface area is 152 Å². The van der Waals surface area contributed by atoms with Gasteiger partial charge in [-0.05, 0) is 44.9 Å². The molecule has 1 atom stereocenters. The van der Waals surface area contributed by atoms with E-state index in [2.05, 4.69) is 11.9 Å². The van der Waals surface area contributed by atoms with Gasteiger partial charge in [0.2, 0.25) is 0 Å². The first kappa shape index (κ1) is 20.8. The molecule has 1 rings (SSSR count). The minimum Gasteiger partial charge on any atom is -0.488 e. The molecule has 6 nitrogen and oxygen atoms in total. The van der Waals surface area contributed by atoms with Crippen molar-refractivity contribution in [3.63, 3.8) is 0 Å². The van der Waals surface area contributed by atoms with Gasteiger partial charge in [-0.3, -0.25) is 0 Å². The van der Waals surface area contributed by atoms with Gasteiger partial charge in [0.25, 0.3) is 0 Å². The fraction of sp³-hybridized carbons (Fsp3) is 0.444. The molecular formula is C18H24ClNO5. The van der Waals surface area contributed by atoms with Gasteiger partial charge >= 0.3 is 12.1 Å². The lowest BCUT2D eigenvalue weighted by Gasteiger charge is -2.22. The molecule has 0 heterocycles. The maximum atomic E-state index is 11.8. The lowest BCUT2D eigenvalue weighted by Crippen LogP contribution is -2.44. The molecule has 1 aromatic rings. The highest BCUT2D eigenvalue weighted by atomic mass is 35.5. The van der Waals surface area contributed by atoms with E-state index in [-0.39, 0.29) is 6.42 Å². The number of aliphatic carboxylic acids is 1. The second-order valence-electron chi connectivity index (χ2n) is 6.56. The quantitative estimate of drug-likeness (QED) is 0.715. The minimum absolute atomic E-state index is 0.0663. The predicted octanol–water partition coefficient (Wildman–Crippen LogP) is 3.73. The second-order valence-corrected chi connectivity index (χ2v) is 6.97. The van der Waals surface area contributed by atoms with Crippen LogP contribution in [0.3, 0.4) is 0 Å². The topological polar surface area (TPSA) is 84.9 Å².